The third kappa shape index (κ3) is 8.34. The van der Waals surface area contributed by atoms with E-state index < -0.39 is 0 Å². The van der Waals surface area contributed by atoms with Gasteiger partial charge in [-0.15, -0.1) is 0 Å². The number of amides is 1. The number of hydrogen-bond donors (Lipinski definition) is 2. The van der Waals surface area contributed by atoms with Crippen LogP contribution in [0.25, 0.3) is 22.0 Å². The number of unbranched alkanes of at least 4 members (excludes halogenated alkanes) is 4. The Kier molecular flexibility index (Phi) is 10.6. The second kappa shape index (κ2) is 15.0. The molecule has 3 aromatic carbocycles. The molecule has 2 N–H and O–H groups in total. The van der Waals surface area contributed by atoms with E-state index in [9.17, 15) is 4.79 Å². The van der Waals surface area contributed by atoms with Crippen LogP contribution in [-0.2, 0) is 6.42 Å². The summed E-state index contributed by atoms with van der Waals surface area (Å²) in [6, 6.07) is 25.4. The summed E-state index contributed by atoms with van der Waals surface area (Å²) in [7, 11) is 4.03. The molecule has 0 radical (unpaired) electrons. The Labute approximate surface area is 257 Å². The average molecular weight is 578 g/mol. The highest BCUT2D eigenvalue weighted by Crippen LogP contribution is 2.28. The van der Waals surface area contributed by atoms with Crippen LogP contribution in [-0.4, -0.2) is 42.6 Å². The van der Waals surface area contributed by atoms with Crippen molar-refractivity contribution < 1.29 is 4.79 Å². The van der Waals surface area contributed by atoms with Gasteiger partial charge in [0.1, 0.15) is 5.82 Å². The molecule has 0 bridgehead atoms. The van der Waals surface area contributed by atoms with Crippen molar-refractivity contribution in [1.29, 1.82) is 0 Å². The van der Waals surface area contributed by atoms with Crippen molar-refractivity contribution in [2.24, 2.45) is 5.92 Å². The fourth-order valence-corrected chi connectivity index (χ4v) is 6.11. The molecular weight excluding hydrogens is 530 g/mol. The predicted octanol–water partition coefficient (Wildman–Crippen LogP) is 8.28. The number of carbonyl (C=O) groups excluding carboxylic acids is 1. The molecule has 226 valence electrons. The van der Waals surface area contributed by atoms with Gasteiger partial charge in [-0.3, -0.25) is 4.79 Å². The Morgan fingerprint density at radius 1 is 0.814 bits per heavy atom. The standard InChI is InChI=1S/C37H47N5O/c1-4-5-6-7-8-11-27-14-18-29(19-15-27)30-20-22-31(23-21-30)36(43)38-26-28-16-24-32(25-17-28)39-37-40-34-13-10-9-12-33(34)35(41-37)42(2)3/h9-10,12-15,18-23,28,32H,4-8,11,16-17,24-26H2,1-3H3,(H,38,43)(H,39,40,41)/t28-,32+. The van der Waals surface area contributed by atoms with Crippen molar-refractivity contribution in [3.63, 3.8) is 0 Å². The van der Waals surface area contributed by atoms with Gasteiger partial charge in [-0.25, -0.2) is 4.98 Å². The lowest BCUT2D eigenvalue weighted by Crippen LogP contribution is -2.34. The van der Waals surface area contributed by atoms with E-state index >= 15 is 0 Å². The number of para-hydroxylation sites is 1. The van der Waals surface area contributed by atoms with Crippen molar-refractivity contribution in [3.05, 3.63) is 83.9 Å². The predicted molar refractivity (Wildman–Crippen MR) is 180 cm³/mol. The zero-order valence-electron chi connectivity index (χ0n) is 26.1. The summed E-state index contributed by atoms with van der Waals surface area (Å²) in [4.78, 5) is 24.5. The molecule has 0 aliphatic heterocycles. The lowest BCUT2D eigenvalue weighted by molar-refractivity contribution is 0.0943. The quantitative estimate of drug-likeness (QED) is 0.157. The summed E-state index contributed by atoms with van der Waals surface area (Å²) in [6.07, 6.45) is 11.9. The number of benzene rings is 3. The summed E-state index contributed by atoms with van der Waals surface area (Å²) >= 11 is 0. The number of fused-ring (bicyclic) bond motifs is 1. The van der Waals surface area contributed by atoms with Gasteiger partial charge in [-0.05, 0) is 85.4 Å². The van der Waals surface area contributed by atoms with Gasteiger partial charge in [-0.2, -0.15) is 4.98 Å². The van der Waals surface area contributed by atoms with Crippen LogP contribution in [0.15, 0.2) is 72.8 Å². The molecule has 0 saturated heterocycles. The second-order valence-corrected chi connectivity index (χ2v) is 12.3. The molecule has 0 atom stereocenters. The maximum Gasteiger partial charge on any atom is 0.251 e. The van der Waals surface area contributed by atoms with E-state index in [1.165, 1.54) is 43.2 Å². The smallest absolute Gasteiger partial charge is 0.251 e. The van der Waals surface area contributed by atoms with E-state index in [0.717, 1.165) is 54.4 Å². The summed E-state index contributed by atoms with van der Waals surface area (Å²) < 4.78 is 0. The molecule has 1 heterocycles. The number of anilines is 2. The molecule has 1 aliphatic rings. The minimum atomic E-state index is 0.00555. The van der Waals surface area contributed by atoms with Crippen LogP contribution >= 0.6 is 0 Å². The minimum Gasteiger partial charge on any atom is -0.362 e. The van der Waals surface area contributed by atoms with Crippen LogP contribution in [0.4, 0.5) is 11.8 Å². The van der Waals surface area contributed by atoms with E-state index in [1.807, 2.05) is 49.3 Å². The first-order valence-electron chi connectivity index (χ1n) is 16.2. The maximum atomic E-state index is 12.9. The highest BCUT2D eigenvalue weighted by Gasteiger charge is 2.23. The van der Waals surface area contributed by atoms with Gasteiger partial charge < -0.3 is 15.5 Å². The number of rotatable bonds is 13. The van der Waals surface area contributed by atoms with Crippen LogP contribution in [0.2, 0.25) is 0 Å². The van der Waals surface area contributed by atoms with E-state index in [4.69, 9.17) is 9.97 Å². The van der Waals surface area contributed by atoms with Crippen molar-refractivity contribution in [1.82, 2.24) is 15.3 Å². The molecule has 1 fully saturated rings. The summed E-state index contributed by atoms with van der Waals surface area (Å²) in [6.45, 7) is 2.97. The van der Waals surface area contributed by atoms with Gasteiger partial charge >= 0.3 is 0 Å². The largest absolute Gasteiger partial charge is 0.362 e. The lowest BCUT2D eigenvalue weighted by atomic mass is 9.86. The zero-order valence-corrected chi connectivity index (χ0v) is 26.1. The van der Waals surface area contributed by atoms with Crippen LogP contribution in [0.5, 0.6) is 0 Å². The number of nitrogens with zero attached hydrogens (tertiary/aromatic N) is 3. The molecule has 6 heteroatoms. The summed E-state index contributed by atoms with van der Waals surface area (Å²) in [5, 5.41) is 7.82. The first-order chi connectivity index (χ1) is 21.0. The number of nitrogens with one attached hydrogen (secondary N) is 2. The highest BCUT2D eigenvalue weighted by atomic mass is 16.1. The molecule has 1 saturated carbocycles. The van der Waals surface area contributed by atoms with Gasteiger partial charge in [0.15, 0.2) is 0 Å². The fraction of sp³-hybridized carbons (Fsp3) is 0.432. The third-order valence-corrected chi connectivity index (χ3v) is 8.74. The number of hydrogen-bond acceptors (Lipinski definition) is 5. The van der Waals surface area contributed by atoms with Crippen LogP contribution in [0.3, 0.4) is 0 Å². The fourth-order valence-electron chi connectivity index (χ4n) is 6.11. The van der Waals surface area contributed by atoms with Gasteiger partial charge in [0.25, 0.3) is 5.91 Å². The molecule has 1 aliphatic carbocycles. The molecule has 1 amide bonds. The van der Waals surface area contributed by atoms with Crippen molar-refractivity contribution in [2.45, 2.75) is 77.2 Å². The Morgan fingerprint density at radius 2 is 1.49 bits per heavy atom. The van der Waals surface area contributed by atoms with Gasteiger partial charge in [-0.1, -0.05) is 81.1 Å². The summed E-state index contributed by atoms with van der Waals surface area (Å²) in [5.41, 5.74) is 5.41. The Bertz CT molecular complexity index is 1460. The minimum absolute atomic E-state index is 0.00555. The highest BCUT2D eigenvalue weighted by molar-refractivity contribution is 5.94. The molecular formula is C37H47N5O. The first kappa shape index (κ1) is 30.5. The monoisotopic (exact) mass is 577 g/mol. The number of carbonyl (C=O) groups is 1. The molecule has 0 spiro atoms. The molecule has 4 aromatic rings. The van der Waals surface area contributed by atoms with Crippen LogP contribution < -0.4 is 15.5 Å². The summed E-state index contributed by atoms with van der Waals surface area (Å²) in [5.74, 6) is 2.11. The third-order valence-electron chi connectivity index (χ3n) is 8.74. The second-order valence-electron chi connectivity index (χ2n) is 12.3. The topological polar surface area (TPSA) is 70.2 Å². The zero-order chi connectivity index (χ0) is 30.0. The normalized spacial score (nSPS) is 16.6. The number of aryl methyl sites for hydroxylation is 1. The van der Waals surface area contributed by atoms with Gasteiger partial charge in [0, 0.05) is 37.6 Å². The Balaban J connectivity index is 1.06. The SMILES string of the molecule is CCCCCCCc1ccc(-c2ccc(C(=O)NC[C@H]3CC[C@@H](Nc4nc(N(C)C)c5ccccc5n4)CC3)cc2)cc1. The van der Waals surface area contributed by atoms with Crippen molar-refractivity contribution >= 4 is 28.6 Å². The van der Waals surface area contributed by atoms with Crippen molar-refractivity contribution in [2.75, 3.05) is 30.9 Å². The molecule has 0 unspecified atom stereocenters. The van der Waals surface area contributed by atoms with Gasteiger partial charge in [0.05, 0.1) is 5.52 Å². The van der Waals surface area contributed by atoms with Crippen LogP contribution in [0.1, 0.15) is 80.6 Å². The van der Waals surface area contributed by atoms with Crippen molar-refractivity contribution in [3.8, 4) is 11.1 Å². The van der Waals surface area contributed by atoms with E-state index in [1.54, 1.807) is 0 Å². The van der Waals surface area contributed by atoms with Crippen LogP contribution in [0, 0.1) is 5.92 Å². The first-order valence-corrected chi connectivity index (χ1v) is 16.2. The Hall–Kier alpha value is -3.93. The lowest BCUT2D eigenvalue weighted by Gasteiger charge is -2.29. The van der Waals surface area contributed by atoms with Gasteiger partial charge in [0.2, 0.25) is 5.95 Å². The van der Waals surface area contributed by atoms with E-state index in [-0.39, 0.29) is 5.91 Å². The average Bonchev–Trinajstić information content (AvgIpc) is 3.04. The van der Waals surface area contributed by atoms with E-state index in [2.05, 4.69) is 60.0 Å². The maximum absolute atomic E-state index is 12.9. The Morgan fingerprint density at radius 3 is 2.19 bits per heavy atom. The molecule has 43 heavy (non-hydrogen) atoms. The molecule has 5 rings (SSSR count). The number of aromatic nitrogens is 2. The molecule has 1 aromatic heterocycles. The van der Waals surface area contributed by atoms with E-state index in [0.29, 0.717) is 30.0 Å². The molecule has 6 nitrogen and oxygen atoms in total.